The molecule has 0 saturated carbocycles. The summed E-state index contributed by atoms with van der Waals surface area (Å²) in [6, 6.07) is 2.51. The molecule has 2 atom stereocenters. The quantitative estimate of drug-likeness (QED) is 0.928. The van der Waals surface area contributed by atoms with Gasteiger partial charge in [0.2, 0.25) is 5.91 Å². The number of piperazine rings is 1. The predicted octanol–water partition coefficient (Wildman–Crippen LogP) is 2.40. The summed E-state index contributed by atoms with van der Waals surface area (Å²) < 4.78 is 0. The Kier molecular flexibility index (Phi) is 5.16. The van der Waals surface area contributed by atoms with Crippen molar-refractivity contribution < 1.29 is 4.79 Å². The lowest BCUT2D eigenvalue weighted by atomic mass is 10.0. The summed E-state index contributed by atoms with van der Waals surface area (Å²) in [6.07, 6.45) is 3.57. The molecule has 22 heavy (non-hydrogen) atoms. The number of nitrogens with one attached hydrogen (secondary N) is 1. The molecule has 1 aromatic rings. The van der Waals surface area contributed by atoms with Gasteiger partial charge in [0.15, 0.2) is 0 Å². The number of carbonyl (C=O) groups excluding carboxylic acids is 1. The van der Waals surface area contributed by atoms with Crippen LogP contribution in [0, 0.1) is 6.92 Å². The van der Waals surface area contributed by atoms with Crippen molar-refractivity contribution in [3.05, 3.63) is 21.9 Å². The first kappa shape index (κ1) is 16.0. The standard InChI is InChI=1S/C17H27N3OS/c1-13-6-11-22-16(13)15(20-10-7-18-14(2)12-20)17(21)19-8-4-3-5-9-19/h6,11,14-15,18H,3-5,7-10,12H2,1-2H3. The SMILES string of the molecule is Cc1ccsc1C(C(=O)N1CCCCC1)N1CCNC(C)C1. The molecule has 1 amide bonds. The predicted molar refractivity (Wildman–Crippen MR) is 91.3 cm³/mol. The maximum atomic E-state index is 13.2. The molecule has 5 heteroatoms. The number of carbonyl (C=O) groups is 1. The van der Waals surface area contributed by atoms with Crippen LogP contribution in [0.5, 0.6) is 0 Å². The second-order valence-electron chi connectivity index (χ2n) is 6.61. The van der Waals surface area contributed by atoms with E-state index in [0.29, 0.717) is 11.9 Å². The molecule has 4 nitrogen and oxygen atoms in total. The minimum absolute atomic E-state index is 0.0809. The maximum Gasteiger partial charge on any atom is 0.245 e. The van der Waals surface area contributed by atoms with Crippen molar-refractivity contribution in [2.45, 2.75) is 45.2 Å². The topological polar surface area (TPSA) is 35.6 Å². The molecule has 0 radical (unpaired) electrons. The van der Waals surface area contributed by atoms with Crippen LogP contribution in [0.25, 0.3) is 0 Å². The molecule has 0 aromatic carbocycles. The fourth-order valence-electron chi connectivity index (χ4n) is 3.58. The lowest BCUT2D eigenvalue weighted by molar-refractivity contribution is -0.138. The smallest absolute Gasteiger partial charge is 0.245 e. The average Bonchev–Trinajstić information content (AvgIpc) is 2.94. The van der Waals surface area contributed by atoms with E-state index in [2.05, 4.69) is 40.4 Å². The monoisotopic (exact) mass is 321 g/mol. The molecule has 3 heterocycles. The van der Waals surface area contributed by atoms with Crippen LogP contribution >= 0.6 is 11.3 Å². The van der Waals surface area contributed by atoms with Crippen molar-refractivity contribution in [2.24, 2.45) is 0 Å². The number of piperidine rings is 1. The van der Waals surface area contributed by atoms with Crippen LogP contribution < -0.4 is 5.32 Å². The Bertz CT molecular complexity index is 510. The zero-order chi connectivity index (χ0) is 15.5. The van der Waals surface area contributed by atoms with Gasteiger partial charge in [0.05, 0.1) is 0 Å². The summed E-state index contributed by atoms with van der Waals surface area (Å²) in [6.45, 7) is 9.06. The van der Waals surface area contributed by atoms with Gasteiger partial charge in [-0.2, -0.15) is 0 Å². The molecule has 2 saturated heterocycles. The van der Waals surface area contributed by atoms with Crippen LogP contribution in [0.3, 0.4) is 0 Å². The lowest BCUT2D eigenvalue weighted by Crippen LogP contribution is -2.54. The maximum absolute atomic E-state index is 13.2. The van der Waals surface area contributed by atoms with Crippen LogP contribution in [0.4, 0.5) is 0 Å². The van der Waals surface area contributed by atoms with Gasteiger partial charge in [-0.25, -0.2) is 0 Å². The minimum atomic E-state index is -0.0809. The van der Waals surface area contributed by atoms with Gasteiger partial charge in [-0.3, -0.25) is 9.69 Å². The normalized spacial score (nSPS) is 25.2. The first-order valence-corrected chi connectivity index (χ1v) is 9.35. The number of aryl methyl sites for hydroxylation is 1. The molecular formula is C17H27N3OS. The van der Waals surface area contributed by atoms with Gasteiger partial charge < -0.3 is 10.2 Å². The van der Waals surface area contributed by atoms with Gasteiger partial charge in [-0.05, 0) is 50.1 Å². The number of nitrogens with zero attached hydrogens (tertiary/aromatic N) is 2. The van der Waals surface area contributed by atoms with Crippen molar-refractivity contribution in [3.8, 4) is 0 Å². The zero-order valence-electron chi connectivity index (χ0n) is 13.7. The molecule has 2 aliphatic heterocycles. The van der Waals surface area contributed by atoms with Gasteiger partial charge in [-0.1, -0.05) is 0 Å². The van der Waals surface area contributed by atoms with Crippen LogP contribution in [0.15, 0.2) is 11.4 Å². The second kappa shape index (κ2) is 7.11. The Hall–Kier alpha value is -0.910. The molecule has 2 fully saturated rings. The van der Waals surface area contributed by atoms with E-state index in [4.69, 9.17) is 0 Å². The van der Waals surface area contributed by atoms with E-state index in [1.54, 1.807) is 11.3 Å². The summed E-state index contributed by atoms with van der Waals surface area (Å²) in [5, 5.41) is 5.60. The molecule has 1 aromatic heterocycles. The van der Waals surface area contributed by atoms with Crippen LogP contribution in [-0.2, 0) is 4.79 Å². The van der Waals surface area contributed by atoms with E-state index in [1.807, 2.05) is 0 Å². The minimum Gasteiger partial charge on any atom is -0.341 e. The molecule has 2 aliphatic rings. The van der Waals surface area contributed by atoms with Crippen LogP contribution in [0.2, 0.25) is 0 Å². The van der Waals surface area contributed by atoms with Gasteiger partial charge in [-0.15, -0.1) is 11.3 Å². The number of thiophene rings is 1. The first-order chi connectivity index (χ1) is 10.7. The molecule has 0 spiro atoms. The van der Waals surface area contributed by atoms with Crippen molar-refractivity contribution >= 4 is 17.2 Å². The van der Waals surface area contributed by atoms with E-state index in [9.17, 15) is 4.79 Å². The molecule has 0 bridgehead atoms. The van der Waals surface area contributed by atoms with E-state index in [0.717, 1.165) is 45.6 Å². The van der Waals surface area contributed by atoms with E-state index in [1.165, 1.54) is 16.9 Å². The Morgan fingerprint density at radius 2 is 2.09 bits per heavy atom. The first-order valence-electron chi connectivity index (χ1n) is 8.47. The average molecular weight is 321 g/mol. The van der Waals surface area contributed by atoms with Crippen LogP contribution in [-0.4, -0.2) is 54.5 Å². The lowest BCUT2D eigenvalue weighted by Gasteiger charge is -2.40. The summed E-state index contributed by atoms with van der Waals surface area (Å²) >= 11 is 1.74. The van der Waals surface area contributed by atoms with Gasteiger partial charge >= 0.3 is 0 Å². The van der Waals surface area contributed by atoms with Gasteiger partial charge in [0.1, 0.15) is 6.04 Å². The Balaban J connectivity index is 1.85. The summed E-state index contributed by atoms with van der Waals surface area (Å²) in [5.41, 5.74) is 1.26. The van der Waals surface area contributed by atoms with E-state index in [-0.39, 0.29) is 6.04 Å². The van der Waals surface area contributed by atoms with Gasteiger partial charge in [0, 0.05) is 43.6 Å². The third-order valence-corrected chi connectivity index (χ3v) is 5.89. The van der Waals surface area contributed by atoms with Crippen molar-refractivity contribution in [3.63, 3.8) is 0 Å². The molecule has 2 unspecified atom stereocenters. The Morgan fingerprint density at radius 3 is 2.73 bits per heavy atom. The highest BCUT2D eigenvalue weighted by molar-refractivity contribution is 7.10. The molecule has 3 rings (SSSR count). The van der Waals surface area contributed by atoms with Crippen molar-refractivity contribution in [2.75, 3.05) is 32.7 Å². The Labute approximate surface area is 137 Å². The number of hydrogen-bond acceptors (Lipinski definition) is 4. The summed E-state index contributed by atoms with van der Waals surface area (Å²) in [7, 11) is 0. The number of hydrogen-bond donors (Lipinski definition) is 1. The highest BCUT2D eigenvalue weighted by Gasteiger charge is 2.35. The molecular weight excluding hydrogens is 294 g/mol. The summed E-state index contributed by atoms with van der Waals surface area (Å²) in [5.74, 6) is 0.319. The highest BCUT2D eigenvalue weighted by Crippen LogP contribution is 2.32. The van der Waals surface area contributed by atoms with E-state index >= 15 is 0 Å². The molecule has 1 N–H and O–H groups in total. The fraction of sp³-hybridized carbons (Fsp3) is 0.706. The molecule has 122 valence electrons. The third kappa shape index (κ3) is 3.36. The largest absolute Gasteiger partial charge is 0.341 e. The fourth-order valence-corrected chi connectivity index (χ4v) is 4.63. The third-order valence-electron chi connectivity index (χ3n) is 4.82. The van der Waals surface area contributed by atoms with Gasteiger partial charge in [0.25, 0.3) is 0 Å². The summed E-state index contributed by atoms with van der Waals surface area (Å²) in [4.78, 5) is 18.9. The second-order valence-corrected chi connectivity index (χ2v) is 7.55. The van der Waals surface area contributed by atoms with Crippen molar-refractivity contribution in [1.29, 1.82) is 0 Å². The van der Waals surface area contributed by atoms with Crippen LogP contribution in [0.1, 0.15) is 42.7 Å². The number of likely N-dealkylation sites (tertiary alicyclic amines) is 1. The van der Waals surface area contributed by atoms with Crippen molar-refractivity contribution in [1.82, 2.24) is 15.1 Å². The zero-order valence-corrected chi connectivity index (χ0v) is 14.5. The molecule has 0 aliphatic carbocycles. The highest BCUT2D eigenvalue weighted by atomic mass is 32.1. The Morgan fingerprint density at radius 1 is 1.32 bits per heavy atom. The number of rotatable bonds is 3. The number of amides is 1. The van der Waals surface area contributed by atoms with E-state index < -0.39 is 0 Å².